The maximum absolute atomic E-state index is 14.2. The molecule has 1 saturated carbocycles. The van der Waals surface area contributed by atoms with Crippen molar-refractivity contribution < 1.29 is 9.13 Å². The third-order valence-corrected chi connectivity index (χ3v) is 6.77. The Labute approximate surface area is 185 Å². The minimum absolute atomic E-state index is 0.233. The molecule has 0 amide bonds. The van der Waals surface area contributed by atoms with E-state index >= 15 is 0 Å². The van der Waals surface area contributed by atoms with Gasteiger partial charge in [-0.1, -0.05) is 48.0 Å². The predicted octanol–water partition coefficient (Wildman–Crippen LogP) is 8.11. The molecule has 0 aliphatic heterocycles. The van der Waals surface area contributed by atoms with E-state index in [1.165, 1.54) is 6.07 Å². The number of hydrogen-bond acceptors (Lipinski definition) is 1. The minimum Gasteiger partial charge on any atom is -0.454 e. The number of benzene rings is 3. The van der Waals surface area contributed by atoms with Crippen LogP contribution in [0.3, 0.4) is 0 Å². The van der Waals surface area contributed by atoms with Crippen LogP contribution in [-0.4, -0.2) is 4.33 Å². The van der Waals surface area contributed by atoms with Crippen molar-refractivity contribution >= 4 is 34.8 Å². The van der Waals surface area contributed by atoms with Gasteiger partial charge in [0.25, 0.3) is 0 Å². The quantitative estimate of drug-likeness (QED) is 0.331. The molecule has 29 heavy (non-hydrogen) atoms. The van der Waals surface area contributed by atoms with Gasteiger partial charge in [-0.15, -0.1) is 23.2 Å². The van der Waals surface area contributed by atoms with Crippen LogP contribution in [0.2, 0.25) is 5.02 Å². The predicted molar refractivity (Wildman–Crippen MR) is 118 cm³/mol. The van der Waals surface area contributed by atoms with Crippen molar-refractivity contribution in [3.8, 4) is 11.5 Å². The largest absolute Gasteiger partial charge is 0.454 e. The molecule has 0 N–H and O–H groups in total. The van der Waals surface area contributed by atoms with Gasteiger partial charge in [0.1, 0.15) is 10.1 Å². The summed E-state index contributed by atoms with van der Waals surface area (Å²) in [6, 6.07) is 21.9. The van der Waals surface area contributed by atoms with Crippen LogP contribution >= 0.6 is 34.8 Å². The lowest BCUT2D eigenvalue weighted by Crippen LogP contribution is -2.15. The molecule has 4 rings (SSSR count). The van der Waals surface area contributed by atoms with Crippen molar-refractivity contribution in [3.63, 3.8) is 0 Å². The molecule has 0 bridgehead atoms. The van der Waals surface area contributed by atoms with E-state index in [4.69, 9.17) is 39.5 Å². The molecule has 1 aliphatic carbocycles. The second-order valence-electron chi connectivity index (χ2n) is 7.50. The second-order valence-corrected chi connectivity index (χ2v) is 9.42. The van der Waals surface area contributed by atoms with Crippen molar-refractivity contribution in [2.75, 3.05) is 0 Å². The Kier molecular flexibility index (Phi) is 5.79. The number of rotatable bonds is 7. The Morgan fingerprint density at radius 1 is 0.931 bits per heavy atom. The lowest BCUT2D eigenvalue weighted by Gasteiger charge is -2.19. The summed E-state index contributed by atoms with van der Waals surface area (Å²) in [6.07, 6.45) is 3.22. The summed E-state index contributed by atoms with van der Waals surface area (Å²) in [5.74, 6) is 0.465. The van der Waals surface area contributed by atoms with Crippen molar-refractivity contribution in [2.24, 2.45) is 0 Å². The van der Waals surface area contributed by atoms with Crippen molar-refractivity contribution in [1.29, 1.82) is 0 Å². The molecule has 3 aromatic carbocycles. The summed E-state index contributed by atoms with van der Waals surface area (Å²) in [5, 5.41) is 0.691. The molecule has 0 saturated heterocycles. The van der Waals surface area contributed by atoms with E-state index < -0.39 is 4.33 Å². The zero-order valence-corrected chi connectivity index (χ0v) is 17.9. The van der Waals surface area contributed by atoms with E-state index in [9.17, 15) is 4.39 Å². The van der Waals surface area contributed by atoms with Crippen LogP contribution in [0.4, 0.5) is 4.39 Å². The van der Waals surface area contributed by atoms with Crippen molar-refractivity contribution in [3.05, 3.63) is 94.8 Å². The highest BCUT2D eigenvalue weighted by Crippen LogP contribution is 2.67. The minimum atomic E-state index is -0.759. The summed E-state index contributed by atoms with van der Waals surface area (Å²) in [4.78, 5) is 0. The molecule has 0 heterocycles. The summed E-state index contributed by atoms with van der Waals surface area (Å²) >= 11 is 19.1. The van der Waals surface area contributed by atoms with Gasteiger partial charge in [0.2, 0.25) is 0 Å². The molecule has 0 radical (unpaired) electrons. The van der Waals surface area contributed by atoms with Crippen LogP contribution in [0.25, 0.3) is 0 Å². The van der Waals surface area contributed by atoms with Gasteiger partial charge in [-0.3, -0.25) is 0 Å². The number of alkyl halides is 2. The zero-order chi connectivity index (χ0) is 20.5. The topological polar surface area (TPSA) is 9.23 Å². The Morgan fingerprint density at radius 3 is 2.28 bits per heavy atom. The van der Waals surface area contributed by atoms with Gasteiger partial charge in [-0.25, -0.2) is 4.39 Å². The molecule has 1 atom stereocenters. The Hall–Kier alpha value is -1.74. The zero-order valence-electron chi connectivity index (χ0n) is 15.7. The first kappa shape index (κ1) is 20.5. The molecule has 1 fully saturated rings. The number of hydrogen-bond donors (Lipinski definition) is 0. The Balaban J connectivity index is 1.44. The van der Waals surface area contributed by atoms with Gasteiger partial charge >= 0.3 is 0 Å². The molecular formula is C24H20Cl3FO. The highest BCUT2D eigenvalue weighted by Gasteiger charge is 2.66. The summed E-state index contributed by atoms with van der Waals surface area (Å²) < 4.78 is 19.1. The normalized spacial score (nSPS) is 19.7. The van der Waals surface area contributed by atoms with Crippen LogP contribution in [0.15, 0.2) is 72.8 Å². The molecule has 5 heteroatoms. The first-order valence-corrected chi connectivity index (χ1v) is 10.7. The van der Waals surface area contributed by atoms with Gasteiger partial charge in [0.15, 0.2) is 11.6 Å². The molecule has 0 spiro atoms. The number of para-hydroxylation sites is 1. The first-order valence-electron chi connectivity index (χ1n) is 9.55. The lowest BCUT2D eigenvalue weighted by atomic mass is 9.89. The fraction of sp³-hybridized carbons (Fsp3) is 0.250. The molecule has 150 valence electrons. The maximum Gasteiger partial charge on any atom is 0.165 e. The van der Waals surface area contributed by atoms with Gasteiger partial charge in [0.05, 0.1) is 0 Å². The van der Waals surface area contributed by atoms with E-state index in [2.05, 4.69) is 0 Å². The second kappa shape index (κ2) is 8.18. The number of aryl methyl sites for hydroxylation is 1. The molecule has 1 aliphatic rings. The molecule has 1 unspecified atom stereocenters. The molecular weight excluding hydrogens is 430 g/mol. The summed E-state index contributed by atoms with van der Waals surface area (Å²) in [7, 11) is 0. The Bertz CT molecular complexity index is 989. The number of halogens is 4. The number of ether oxygens (including phenoxy) is 1. The SMILES string of the molecule is Fc1ccc(CCCC2(c3ccc(Cl)cc3)CC2(Cl)Cl)cc1Oc1ccccc1. The van der Waals surface area contributed by atoms with Crippen LogP contribution in [0, 0.1) is 5.82 Å². The first-order chi connectivity index (χ1) is 13.9. The van der Waals surface area contributed by atoms with Crippen LogP contribution in [0.5, 0.6) is 11.5 Å². The van der Waals surface area contributed by atoms with E-state index in [0.29, 0.717) is 10.8 Å². The van der Waals surface area contributed by atoms with Gasteiger partial charge in [-0.05, 0) is 73.2 Å². The van der Waals surface area contributed by atoms with E-state index in [1.54, 1.807) is 24.3 Å². The third kappa shape index (κ3) is 4.40. The van der Waals surface area contributed by atoms with Crippen molar-refractivity contribution in [1.82, 2.24) is 0 Å². The van der Waals surface area contributed by atoms with Crippen LogP contribution in [0.1, 0.15) is 30.4 Å². The third-order valence-electron chi connectivity index (χ3n) is 5.53. The van der Waals surface area contributed by atoms with Crippen LogP contribution < -0.4 is 4.74 Å². The van der Waals surface area contributed by atoms with Gasteiger partial charge < -0.3 is 4.74 Å². The lowest BCUT2D eigenvalue weighted by molar-refractivity contribution is 0.441. The Morgan fingerprint density at radius 2 is 1.62 bits per heavy atom. The smallest absolute Gasteiger partial charge is 0.165 e. The van der Waals surface area contributed by atoms with Gasteiger partial charge in [0, 0.05) is 10.4 Å². The molecule has 3 aromatic rings. The monoisotopic (exact) mass is 448 g/mol. The highest BCUT2D eigenvalue weighted by molar-refractivity contribution is 6.52. The van der Waals surface area contributed by atoms with E-state index in [-0.39, 0.29) is 17.0 Å². The van der Waals surface area contributed by atoms with Gasteiger partial charge in [-0.2, -0.15) is 0 Å². The standard InChI is InChI=1S/C24H20Cl3FO/c25-19-11-9-18(10-12-19)23(16-24(23,26)27)14-4-5-17-8-13-21(28)22(15-17)29-20-6-2-1-3-7-20/h1-3,6-13,15H,4-5,14,16H2. The average Bonchev–Trinajstić information content (AvgIpc) is 3.27. The fourth-order valence-corrected chi connectivity index (χ4v) is 4.81. The van der Waals surface area contributed by atoms with Crippen molar-refractivity contribution in [2.45, 2.75) is 35.4 Å². The maximum atomic E-state index is 14.2. The highest BCUT2D eigenvalue weighted by atomic mass is 35.5. The molecule has 0 aromatic heterocycles. The fourth-order valence-electron chi connectivity index (χ4n) is 3.82. The summed E-state index contributed by atoms with van der Waals surface area (Å²) in [5.41, 5.74) is 1.86. The van der Waals surface area contributed by atoms with E-state index in [0.717, 1.165) is 36.8 Å². The molecule has 1 nitrogen and oxygen atoms in total. The average molecular weight is 450 g/mol. The van der Waals surface area contributed by atoms with Crippen LogP contribution in [-0.2, 0) is 11.8 Å². The van der Waals surface area contributed by atoms with E-state index in [1.807, 2.05) is 42.5 Å². The summed E-state index contributed by atoms with van der Waals surface area (Å²) in [6.45, 7) is 0.